The molecule has 0 radical (unpaired) electrons. The zero-order chi connectivity index (χ0) is 19.0. The molecule has 8 heteroatoms. The first-order valence-electron chi connectivity index (χ1n) is 8.75. The predicted molar refractivity (Wildman–Crippen MR) is 116 cm³/mol. The highest BCUT2D eigenvalue weighted by atomic mass is 127. The predicted octanol–water partition coefficient (Wildman–Crippen LogP) is 2.91. The minimum atomic E-state index is -0.0604. The van der Waals surface area contributed by atoms with E-state index in [0.29, 0.717) is 29.3 Å². The maximum absolute atomic E-state index is 13.3. The summed E-state index contributed by atoms with van der Waals surface area (Å²) in [6, 6.07) is 11.6. The van der Waals surface area contributed by atoms with Crippen molar-refractivity contribution in [2.75, 3.05) is 18.0 Å². The number of hydrogen-bond donors (Lipinski definition) is 1. The molecule has 1 aliphatic rings. The normalized spacial score (nSPS) is 17.2. The van der Waals surface area contributed by atoms with Gasteiger partial charge in [0, 0.05) is 19.1 Å². The molecular weight excluding hydrogens is 473 g/mol. The summed E-state index contributed by atoms with van der Waals surface area (Å²) in [5, 5.41) is 9.41. The quantitative estimate of drug-likeness (QED) is 0.570. The maximum Gasteiger partial charge on any atom is 0.273 e. The Hall–Kier alpha value is -1.96. The molecule has 1 aliphatic heterocycles. The molecule has 3 aromatic rings. The zero-order valence-corrected chi connectivity index (χ0v) is 17.5. The molecule has 4 rings (SSSR count). The molecule has 2 aromatic heterocycles. The maximum atomic E-state index is 13.3. The average Bonchev–Trinajstić information content (AvgIpc) is 3.05. The van der Waals surface area contributed by atoms with Crippen LogP contribution in [-0.4, -0.2) is 28.7 Å². The van der Waals surface area contributed by atoms with Crippen molar-refractivity contribution >= 4 is 50.1 Å². The number of halogens is 1. The SMILES string of the molecule is N#Cc1ccccc1Cn1c(N2CCCC(N)C2)nc2cc(I)sc2c1=O. The molecule has 1 unspecified atom stereocenters. The van der Waals surface area contributed by atoms with E-state index in [0.717, 1.165) is 33.4 Å². The van der Waals surface area contributed by atoms with Gasteiger partial charge in [0.1, 0.15) is 4.70 Å². The molecule has 0 amide bonds. The van der Waals surface area contributed by atoms with E-state index in [4.69, 9.17) is 10.7 Å². The summed E-state index contributed by atoms with van der Waals surface area (Å²) in [6.45, 7) is 1.83. The second-order valence-corrected chi connectivity index (χ2v) is 9.63. The van der Waals surface area contributed by atoms with Crippen LogP contribution in [0.5, 0.6) is 0 Å². The molecule has 1 aromatic carbocycles. The summed E-state index contributed by atoms with van der Waals surface area (Å²) in [5.74, 6) is 0.643. The van der Waals surface area contributed by atoms with Gasteiger partial charge in [-0.15, -0.1) is 11.3 Å². The van der Waals surface area contributed by atoms with Crippen LogP contribution >= 0.6 is 33.9 Å². The first-order chi connectivity index (χ1) is 13.1. The molecule has 138 valence electrons. The van der Waals surface area contributed by atoms with Gasteiger partial charge >= 0.3 is 0 Å². The Bertz CT molecular complexity index is 1100. The summed E-state index contributed by atoms with van der Waals surface area (Å²) in [5.41, 5.74) is 8.23. The molecule has 6 nitrogen and oxygen atoms in total. The second kappa shape index (κ2) is 7.58. The molecule has 1 atom stereocenters. The van der Waals surface area contributed by atoms with Crippen LogP contribution < -0.4 is 16.2 Å². The van der Waals surface area contributed by atoms with Gasteiger partial charge in [-0.25, -0.2) is 4.98 Å². The molecule has 1 fully saturated rings. The van der Waals surface area contributed by atoms with Crippen molar-refractivity contribution in [3.63, 3.8) is 0 Å². The minimum Gasteiger partial charge on any atom is -0.341 e. The van der Waals surface area contributed by atoms with Crippen LogP contribution in [0.25, 0.3) is 10.2 Å². The van der Waals surface area contributed by atoms with Gasteiger partial charge in [-0.3, -0.25) is 9.36 Å². The zero-order valence-electron chi connectivity index (χ0n) is 14.6. The monoisotopic (exact) mass is 491 g/mol. The lowest BCUT2D eigenvalue weighted by Gasteiger charge is -2.33. The van der Waals surface area contributed by atoms with Crippen LogP contribution in [0.1, 0.15) is 24.0 Å². The van der Waals surface area contributed by atoms with Gasteiger partial charge in [0.25, 0.3) is 5.56 Å². The summed E-state index contributed by atoms with van der Waals surface area (Å²) < 4.78 is 3.38. The van der Waals surface area contributed by atoms with Crippen LogP contribution in [0.3, 0.4) is 0 Å². The summed E-state index contributed by atoms with van der Waals surface area (Å²) in [7, 11) is 0. The number of aromatic nitrogens is 2. The van der Waals surface area contributed by atoms with Crippen molar-refractivity contribution in [2.45, 2.75) is 25.4 Å². The number of benzene rings is 1. The van der Waals surface area contributed by atoms with Gasteiger partial charge in [-0.1, -0.05) is 18.2 Å². The third-order valence-electron chi connectivity index (χ3n) is 4.79. The smallest absolute Gasteiger partial charge is 0.273 e. The highest BCUT2D eigenvalue weighted by Gasteiger charge is 2.23. The van der Waals surface area contributed by atoms with Gasteiger partial charge in [0.15, 0.2) is 0 Å². The number of rotatable bonds is 3. The number of nitrogens with two attached hydrogens (primary N) is 1. The number of fused-ring (bicyclic) bond motifs is 1. The average molecular weight is 491 g/mol. The third kappa shape index (κ3) is 3.59. The summed E-state index contributed by atoms with van der Waals surface area (Å²) >= 11 is 3.67. The van der Waals surface area contributed by atoms with Gasteiger partial charge in [0.2, 0.25) is 5.95 Å². The largest absolute Gasteiger partial charge is 0.341 e. The molecule has 0 saturated carbocycles. The highest BCUT2D eigenvalue weighted by Crippen LogP contribution is 2.26. The van der Waals surface area contributed by atoms with Crippen molar-refractivity contribution in [1.29, 1.82) is 5.26 Å². The van der Waals surface area contributed by atoms with Crippen LogP contribution in [0.4, 0.5) is 5.95 Å². The molecule has 1 saturated heterocycles. The molecule has 0 bridgehead atoms. The van der Waals surface area contributed by atoms with E-state index >= 15 is 0 Å². The Labute approximate surface area is 174 Å². The van der Waals surface area contributed by atoms with Crippen molar-refractivity contribution in [3.8, 4) is 6.07 Å². The van der Waals surface area contributed by atoms with Crippen molar-refractivity contribution < 1.29 is 0 Å². The van der Waals surface area contributed by atoms with E-state index in [1.54, 1.807) is 10.6 Å². The van der Waals surface area contributed by atoms with E-state index in [-0.39, 0.29) is 11.6 Å². The number of hydrogen-bond acceptors (Lipinski definition) is 6. The van der Waals surface area contributed by atoms with Gasteiger partial charge in [-0.2, -0.15) is 5.26 Å². The minimum absolute atomic E-state index is 0.0604. The fourth-order valence-corrected chi connectivity index (χ4v) is 5.21. The summed E-state index contributed by atoms with van der Waals surface area (Å²) in [6.07, 6.45) is 1.96. The van der Waals surface area contributed by atoms with Crippen molar-refractivity contribution in [2.24, 2.45) is 5.73 Å². The second-order valence-electron chi connectivity index (χ2n) is 6.69. The fraction of sp³-hybridized carbons (Fsp3) is 0.316. The Morgan fingerprint density at radius 2 is 2.22 bits per heavy atom. The molecule has 0 aliphatic carbocycles. The summed E-state index contributed by atoms with van der Waals surface area (Å²) in [4.78, 5) is 20.2. The molecule has 2 N–H and O–H groups in total. The molecule has 0 spiro atoms. The molecule has 27 heavy (non-hydrogen) atoms. The lowest BCUT2D eigenvalue weighted by atomic mass is 10.1. The van der Waals surface area contributed by atoms with Crippen LogP contribution in [0.2, 0.25) is 0 Å². The number of thiophene rings is 1. The lowest BCUT2D eigenvalue weighted by Crippen LogP contribution is -2.45. The Balaban J connectivity index is 1.88. The van der Waals surface area contributed by atoms with Crippen LogP contribution in [0, 0.1) is 14.2 Å². The fourth-order valence-electron chi connectivity index (χ4n) is 3.48. The number of piperidine rings is 1. The highest BCUT2D eigenvalue weighted by molar-refractivity contribution is 14.1. The number of nitriles is 1. The molecular formula is C19H18IN5OS. The van der Waals surface area contributed by atoms with E-state index < -0.39 is 0 Å². The number of nitrogens with zero attached hydrogens (tertiary/aromatic N) is 4. The van der Waals surface area contributed by atoms with E-state index in [1.165, 1.54) is 11.3 Å². The Morgan fingerprint density at radius 1 is 1.41 bits per heavy atom. The standard InChI is InChI=1S/C19H18IN5OS/c20-16-8-15-17(27-16)18(26)25(10-13-5-2-1-4-12(13)9-21)19(23-15)24-7-3-6-14(22)11-24/h1-2,4-5,8,14H,3,6-7,10-11,22H2. The third-order valence-corrected chi connectivity index (χ3v) is 6.66. The van der Waals surface area contributed by atoms with Crippen molar-refractivity contribution in [1.82, 2.24) is 9.55 Å². The van der Waals surface area contributed by atoms with E-state index in [2.05, 4.69) is 33.6 Å². The van der Waals surface area contributed by atoms with E-state index in [1.807, 2.05) is 24.3 Å². The van der Waals surface area contributed by atoms with Gasteiger partial charge in [-0.05, 0) is 53.1 Å². The van der Waals surface area contributed by atoms with Gasteiger partial charge in [0.05, 0.1) is 26.6 Å². The van der Waals surface area contributed by atoms with Crippen LogP contribution in [0.15, 0.2) is 35.1 Å². The molecule has 3 heterocycles. The first-order valence-corrected chi connectivity index (χ1v) is 10.6. The Morgan fingerprint density at radius 3 is 3.00 bits per heavy atom. The Kier molecular flexibility index (Phi) is 5.16. The van der Waals surface area contributed by atoms with Crippen molar-refractivity contribution in [3.05, 3.63) is 54.7 Å². The van der Waals surface area contributed by atoms with E-state index in [9.17, 15) is 10.1 Å². The number of anilines is 1. The lowest BCUT2D eigenvalue weighted by molar-refractivity contribution is 0.492. The first kappa shape index (κ1) is 18.4. The topological polar surface area (TPSA) is 87.9 Å². The van der Waals surface area contributed by atoms with Crippen LogP contribution in [-0.2, 0) is 6.54 Å². The van der Waals surface area contributed by atoms with Gasteiger partial charge < -0.3 is 10.6 Å².